The number of hydrogen-bond donors (Lipinski definition) is 0. The standard InChI is InChI=1S/C22H19NO2/c1-21-17-10-9-15(22(17)11-12-22)18(21)19(24)23(20(21)25)16-8-4-6-13-5-2-3-7-14(13)16/h2-10,15,17-18H,11-12H2,1H3. The highest BCUT2D eigenvalue weighted by molar-refractivity contribution is 6.27. The number of carbonyl (C=O) groups is 2. The summed E-state index contributed by atoms with van der Waals surface area (Å²) in [7, 11) is 0. The lowest BCUT2D eigenvalue weighted by Crippen LogP contribution is -2.39. The van der Waals surface area contributed by atoms with Gasteiger partial charge in [-0.2, -0.15) is 0 Å². The molecule has 2 amide bonds. The summed E-state index contributed by atoms with van der Waals surface area (Å²) >= 11 is 0. The Morgan fingerprint density at radius 3 is 2.52 bits per heavy atom. The second-order valence-electron chi connectivity index (χ2n) is 8.36. The summed E-state index contributed by atoms with van der Waals surface area (Å²) < 4.78 is 0. The molecule has 2 aromatic carbocycles. The molecule has 2 saturated carbocycles. The van der Waals surface area contributed by atoms with E-state index in [1.165, 1.54) is 4.90 Å². The Morgan fingerprint density at radius 1 is 1.00 bits per heavy atom. The monoisotopic (exact) mass is 329 g/mol. The lowest BCUT2D eigenvalue weighted by molar-refractivity contribution is -0.127. The molecule has 2 bridgehead atoms. The molecule has 4 aliphatic rings. The van der Waals surface area contributed by atoms with Crippen LogP contribution in [0.4, 0.5) is 5.69 Å². The number of fused-ring (bicyclic) bond motifs is 4. The minimum atomic E-state index is -0.566. The number of nitrogens with zero attached hydrogens (tertiary/aromatic N) is 1. The van der Waals surface area contributed by atoms with Gasteiger partial charge in [0.05, 0.1) is 17.0 Å². The van der Waals surface area contributed by atoms with Crippen molar-refractivity contribution in [2.24, 2.45) is 28.6 Å². The Bertz CT molecular complexity index is 997. The number of amides is 2. The molecular weight excluding hydrogens is 310 g/mol. The van der Waals surface area contributed by atoms with Gasteiger partial charge >= 0.3 is 0 Å². The number of carbonyl (C=O) groups excluding carboxylic acids is 2. The van der Waals surface area contributed by atoms with Gasteiger partial charge in [0, 0.05) is 5.39 Å². The third-order valence-electron chi connectivity index (χ3n) is 7.43. The fraction of sp³-hybridized carbons (Fsp3) is 0.364. The van der Waals surface area contributed by atoms with E-state index in [-0.39, 0.29) is 35.0 Å². The molecule has 3 fully saturated rings. The van der Waals surface area contributed by atoms with Crippen molar-refractivity contribution in [2.45, 2.75) is 19.8 Å². The van der Waals surface area contributed by atoms with Crippen LogP contribution in [0.2, 0.25) is 0 Å². The minimum absolute atomic E-state index is 0.00183. The topological polar surface area (TPSA) is 37.4 Å². The highest BCUT2D eigenvalue weighted by Gasteiger charge is 2.78. The van der Waals surface area contributed by atoms with Crippen molar-refractivity contribution >= 4 is 28.3 Å². The fourth-order valence-corrected chi connectivity index (χ4v) is 6.20. The van der Waals surface area contributed by atoms with Gasteiger partial charge in [-0.05, 0) is 48.5 Å². The van der Waals surface area contributed by atoms with Gasteiger partial charge in [0.2, 0.25) is 11.8 Å². The summed E-state index contributed by atoms with van der Waals surface area (Å²) in [6.45, 7) is 2.04. The van der Waals surface area contributed by atoms with Crippen LogP contribution in [0.25, 0.3) is 10.8 Å². The largest absolute Gasteiger partial charge is 0.274 e. The molecule has 2 aromatic rings. The Labute approximate surface area is 146 Å². The first-order valence-electron chi connectivity index (χ1n) is 9.13. The predicted octanol–water partition coefficient (Wildman–Crippen LogP) is 3.93. The van der Waals surface area contributed by atoms with Gasteiger partial charge in [-0.3, -0.25) is 9.59 Å². The van der Waals surface area contributed by atoms with Crippen molar-refractivity contribution in [3.05, 3.63) is 54.6 Å². The molecule has 3 nitrogen and oxygen atoms in total. The van der Waals surface area contributed by atoms with E-state index in [0.29, 0.717) is 0 Å². The van der Waals surface area contributed by atoms with Crippen molar-refractivity contribution in [1.29, 1.82) is 0 Å². The molecule has 4 atom stereocenters. The van der Waals surface area contributed by atoms with E-state index in [4.69, 9.17) is 0 Å². The molecule has 1 heterocycles. The maximum atomic E-state index is 13.5. The predicted molar refractivity (Wildman–Crippen MR) is 95.8 cm³/mol. The normalized spacial score (nSPS) is 36.7. The van der Waals surface area contributed by atoms with Crippen molar-refractivity contribution in [3.8, 4) is 0 Å². The average molecular weight is 329 g/mol. The first-order chi connectivity index (χ1) is 12.1. The SMILES string of the molecule is CC12C(=O)N(c3cccc4ccccc34)C(=O)C1C1C=CC2C12CC2. The van der Waals surface area contributed by atoms with Crippen molar-refractivity contribution in [3.63, 3.8) is 0 Å². The highest BCUT2D eigenvalue weighted by atomic mass is 16.2. The number of allylic oxidation sites excluding steroid dienone is 2. The molecular formula is C22H19NO2. The maximum absolute atomic E-state index is 13.5. The second kappa shape index (κ2) is 4.04. The van der Waals surface area contributed by atoms with Crippen molar-refractivity contribution < 1.29 is 9.59 Å². The van der Waals surface area contributed by atoms with E-state index in [1.807, 2.05) is 49.4 Å². The van der Waals surface area contributed by atoms with E-state index in [0.717, 1.165) is 29.3 Å². The maximum Gasteiger partial charge on any atom is 0.241 e. The third kappa shape index (κ3) is 1.34. The molecule has 3 heteroatoms. The van der Waals surface area contributed by atoms with Gasteiger partial charge in [-0.1, -0.05) is 48.6 Å². The Morgan fingerprint density at radius 2 is 1.76 bits per heavy atom. The van der Waals surface area contributed by atoms with Gasteiger partial charge in [-0.15, -0.1) is 0 Å². The molecule has 1 saturated heterocycles. The van der Waals surface area contributed by atoms with Crippen LogP contribution < -0.4 is 4.90 Å². The van der Waals surface area contributed by atoms with Crippen molar-refractivity contribution in [1.82, 2.24) is 0 Å². The van der Waals surface area contributed by atoms with E-state index in [9.17, 15) is 9.59 Å². The molecule has 3 aliphatic carbocycles. The van der Waals surface area contributed by atoms with Gasteiger partial charge in [0.15, 0.2) is 0 Å². The molecule has 25 heavy (non-hydrogen) atoms. The van der Waals surface area contributed by atoms with Crippen LogP contribution in [0, 0.1) is 28.6 Å². The molecule has 1 spiro atoms. The molecule has 0 N–H and O–H groups in total. The van der Waals surface area contributed by atoms with Crippen LogP contribution in [0.15, 0.2) is 54.6 Å². The molecule has 0 radical (unpaired) electrons. The second-order valence-corrected chi connectivity index (χ2v) is 8.36. The van der Waals surface area contributed by atoms with Crippen LogP contribution in [0.1, 0.15) is 19.8 Å². The summed E-state index contributed by atoms with van der Waals surface area (Å²) in [5.41, 5.74) is 0.396. The summed E-state index contributed by atoms with van der Waals surface area (Å²) in [5.74, 6) is 0.302. The van der Waals surface area contributed by atoms with Gasteiger partial charge in [0.25, 0.3) is 0 Å². The number of hydrogen-bond acceptors (Lipinski definition) is 2. The first kappa shape index (κ1) is 13.8. The zero-order valence-corrected chi connectivity index (χ0v) is 14.1. The lowest BCUT2D eigenvalue weighted by Gasteiger charge is -2.29. The van der Waals surface area contributed by atoms with E-state index in [1.54, 1.807) is 0 Å². The number of imide groups is 1. The Balaban J connectivity index is 1.54. The van der Waals surface area contributed by atoms with Crippen LogP contribution in [-0.4, -0.2) is 11.8 Å². The smallest absolute Gasteiger partial charge is 0.241 e. The van der Waals surface area contributed by atoms with Crippen LogP contribution in [0.3, 0.4) is 0 Å². The van der Waals surface area contributed by atoms with Gasteiger partial charge in [-0.25, -0.2) is 4.90 Å². The van der Waals surface area contributed by atoms with Gasteiger partial charge in [0.1, 0.15) is 0 Å². The summed E-state index contributed by atoms with van der Waals surface area (Å²) in [4.78, 5) is 28.5. The fourth-order valence-electron chi connectivity index (χ4n) is 6.20. The minimum Gasteiger partial charge on any atom is -0.274 e. The number of anilines is 1. The van der Waals surface area contributed by atoms with Crippen LogP contribution in [0.5, 0.6) is 0 Å². The van der Waals surface area contributed by atoms with Crippen molar-refractivity contribution in [2.75, 3.05) is 4.90 Å². The number of rotatable bonds is 1. The van der Waals surface area contributed by atoms with Crippen LogP contribution >= 0.6 is 0 Å². The third-order valence-corrected chi connectivity index (χ3v) is 7.43. The zero-order chi connectivity index (χ0) is 17.0. The average Bonchev–Trinajstić information content (AvgIpc) is 3.24. The lowest BCUT2D eigenvalue weighted by atomic mass is 9.71. The van der Waals surface area contributed by atoms with Gasteiger partial charge < -0.3 is 0 Å². The first-order valence-corrected chi connectivity index (χ1v) is 9.13. The summed E-state index contributed by atoms with van der Waals surface area (Å²) in [6.07, 6.45) is 6.78. The summed E-state index contributed by atoms with van der Waals surface area (Å²) in [6, 6.07) is 13.8. The zero-order valence-electron chi connectivity index (χ0n) is 14.1. The molecule has 6 rings (SSSR count). The molecule has 0 aromatic heterocycles. The van der Waals surface area contributed by atoms with Crippen LogP contribution in [-0.2, 0) is 9.59 Å². The molecule has 4 unspecified atom stereocenters. The quantitative estimate of drug-likeness (QED) is 0.587. The highest BCUT2D eigenvalue weighted by Crippen LogP contribution is 2.77. The Hall–Kier alpha value is -2.42. The van der Waals surface area contributed by atoms with E-state index >= 15 is 0 Å². The molecule has 124 valence electrons. The number of benzene rings is 2. The molecule has 1 aliphatic heterocycles. The summed E-state index contributed by atoms with van der Waals surface area (Å²) in [5, 5.41) is 2.03. The van der Waals surface area contributed by atoms with E-state index < -0.39 is 5.41 Å². The van der Waals surface area contributed by atoms with E-state index in [2.05, 4.69) is 12.2 Å². The Kier molecular flexibility index (Phi) is 2.23.